The van der Waals surface area contributed by atoms with Crippen molar-refractivity contribution in [2.24, 2.45) is 0 Å². The number of nitrogens with zero attached hydrogens (tertiary/aromatic N) is 1. The molecular formula is C11H18B2NO3. The zero-order chi connectivity index (χ0) is 12.7. The summed E-state index contributed by atoms with van der Waals surface area (Å²) in [5.41, 5.74) is 0.488. The lowest BCUT2D eigenvalue weighted by Gasteiger charge is -2.32. The van der Waals surface area contributed by atoms with Crippen molar-refractivity contribution in [2.75, 3.05) is 13.1 Å². The maximum absolute atomic E-state index is 10.4. The molecule has 0 aromatic heterocycles. The molecule has 17 heavy (non-hydrogen) atoms. The van der Waals surface area contributed by atoms with Crippen LogP contribution in [0.5, 0.6) is 0 Å². The highest BCUT2D eigenvalue weighted by molar-refractivity contribution is 6.64. The van der Waals surface area contributed by atoms with Gasteiger partial charge >= 0.3 is 7.12 Å². The van der Waals surface area contributed by atoms with Crippen molar-refractivity contribution < 1.29 is 14.1 Å². The van der Waals surface area contributed by atoms with Gasteiger partial charge in [-0.05, 0) is 33.2 Å². The van der Waals surface area contributed by atoms with E-state index in [1.165, 1.54) is 0 Å². The first-order valence-corrected chi connectivity index (χ1v) is 5.93. The summed E-state index contributed by atoms with van der Waals surface area (Å²) in [6, 6.07) is 0. The van der Waals surface area contributed by atoms with Gasteiger partial charge in [-0.2, -0.15) is 0 Å². The van der Waals surface area contributed by atoms with Gasteiger partial charge in [0, 0.05) is 13.1 Å². The van der Waals surface area contributed by atoms with Crippen molar-refractivity contribution in [2.45, 2.75) is 38.9 Å². The van der Waals surface area contributed by atoms with E-state index in [2.05, 4.69) is 6.08 Å². The fraction of sp³-hybridized carbons (Fsp3) is 0.727. The van der Waals surface area contributed by atoms with Crippen LogP contribution < -0.4 is 0 Å². The van der Waals surface area contributed by atoms with Crippen molar-refractivity contribution in [3.63, 3.8) is 0 Å². The lowest BCUT2D eigenvalue weighted by atomic mass is 9.78. The van der Waals surface area contributed by atoms with Crippen molar-refractivity contribution in [1.29, 1.82) is 0 Å². The number of carbonyl (C=O) groups excluding carboxylic acids is 1. The Morgan fingerprint density at radius 3 is 2.47 bits per heavy atom. The molecule has 0 amide bonds. The van der Waals surface area contributed by atoms with Crippen molar-refractivity contribution >= 4 is 20.7 Å². The number of rotatable bonds is 3. The molecule has 0 bridgehead atoms. The summed E-state index contributed by atoms with van der Waals surface area (Å²) in [6.45, 7) is 9.61. The molecule has 1 fully saturated rings. The number of hydrogen-bond donors (Lipinski definition) is 0. The highest BCUT2D eigenvalue weighted by atomic mass is 16.7. The summed E-state index contributed by atoms with van der Waals surface area (Å²) in [4.78, 5) is 12.3. The number of hydrogen-bond acceptors (Lipinski definition) is 4. The Labute approximate surface area is 104 Å². The van der Waals surface area contributed by atoms with Crippen LogP contribution in [0, 0.1) is 0 Å². The highest BCUT2D eigenvalue weighted by Gasteiger charge is 2.52. The van der Waals surface area contributed by atoms with E-state index in [0.29, 0.717) is 6.54 Å². The molecule has 1 saturated heterocycles. The van der Waals surface area contributed by atoms with E-state index in [4.69, 9.17) is 9.31 Å². The van der Waals surface area contributed by atoms with Gasteiger partial charge in [-0.1, -0.05) is 6.08 Å². The van der Waals surface area contributed by atoms with E-state index in [1.54, 1.807) is 7.41 Å². The first-order chi connectivity index (χ1) is 7.86. The Morgan fingerprint density at radius 2 is 1.94 bits per heavy atom. The third-order valence-electron chi connectivity index (χ3n) is 3.80. The van der Waals surface area contributed by atoms with Gasteiger partial charge in [0.2, 0.25) is 0 Å². The molecule has 0 aromatic carbocycles. The van der Waals surface area contributed by atoms with Gasteiger partial charge in [-0.25, -0.2) is 0 Å². The second kappa shape index (κ2) is 4.26. The van der Waals surface area contributed by atoms with Crippen LogP contribution in [0.2, 0.25) is 0 Å². The van der Waals surface area contributed by atoms with E-state index in [-0.39, 0.29) is 18.3 Å². The zero-order valence-corrected chi connectivity index (χ0v) is 10.9. The quantitative estimate of drug-likeness (QED) is 0.531. The van der Waals surface area contributed by atoms with Crippen LogP contribution in [0.25, 0.3) is 0 Å². The molecule has 6 heteroatoms. The lowest BCUT2D eigenvalue weighted by molar-refractivity contribution is 0.00578. The molecule has 4 nitrogen and oxygen atoms in total. The lowest BCUT2D eigenvalue weighted by Crippen LogP contribution is -2.41. The second-order valence-corrected chi connectivity index (χ2v) is 5.58. The van der Waals surface area contributed by atoms with Crippen LogP contribution in [0.3, 0.4) is 0 Å². The van der Waals surface area contributed by atoms with Gasteiger partial charge in [0.05, 0.1) is 17.4 Å². The molecular weight excluding hydrogens is 216 g/mol. The van der Waals surface area contributed by atoms with Crippen LogP contribution >= 0.6 is 0 Å². The van der Waals surface area contributed by atoms with Crippen LogP contribution in [-0.2, 0) is 14.1 Å². The van der Waals surface area contributed by atoms with Gasteiger partial charge in [0.25, 0.3) is 7.41 Å². The van der Waals surface area contributed by atoms with Crippen molar-refractivity contribution in [3.8, 4) is 0 Å². The summed E-state index contributed by atoms with van der Waals surface area (Å²) in [6.07, 6.45) is 2.88. The standard InChI is InChI=1S/C11H18B2NO3/c1-10(2)11(3,4)17-13(16-10)9-5-6-14(7-9)12-8-15/h5,8H,6-7H2,1-4H3. The van der Waals surface area contributed by atoms with E-state index < -0.39 is 0 Å². The van der Waals surface area contributed by atoms with Crippen LogP contribution in [0.1, 0.15) is 27.7 Å². The Hall–Kier alpha value is -0.580. The van der Waals surface area contributed by atoms with Crippen LogP contribution in [-0.4, -0.2) is 49.8 Å². The van der Waals surface area contributed by atoms with E-state index in [0.717, 1.165) is 18.2 Å². The molecule has 2 heterocycles. The SMILES string of the molecule is CC1(C)OB(C2=CCN([B]C=O)C2)OC1(C)C. The Bertz CT molecular complexity index is 339. The van der Waals surface area contributed by atoms with Gasteiger partial charge < -0.3 is 18.9 Å². The highest BCUT2D eigenvalue weighted by Crippen LogP contribution is 2.39. The van der Waals surface area contributed by atoms with Gasteiger partial charge in [0.1, 0.15) is 0 Å². The molecule has 1 radical (unpaired) electrons. The maximum atomic E-state index is 10.4. The summed E-state index contributed by atoms with van der Waals surface area (Å²) < 4.78 is 11.9. The molecule has 0 aliphatic carbocycles. The maximum Gasteiger partial charge on any atom is 0.491 e. The predicted molar refractivity (Wildman–Crippen MR) is 68.2 cm³/mol. The molecule has 0 N–H and O–H groups in total. The first-order valence-electron chi connectivity index (χ1n) is 5.93. The van der Waals surface area contributed by atoms with E-state index in [1.807, 2.05) is 32.5 Å². The second-order valence-electron chi connectivity index (χ2n) is 5.58. The molecule has 0 spiro atoms. The normalized spacial score (nSPS) is 27.1. The summed E-state index contributed by atoms with van der Waals surface area (Å²) in [5, 5.41) is 0. The van der Waals surface area contributed by atoms with E-state index >= 15 is 0 Å². The average molecular weight is 234 g/mol. The molecule has 2 aliphatic heterocycles. The Balaban J connectivity index is 2.01. The van der Waals surface area contributed by atoms with Gasteiger partial charge in [0.15, 0.2) is 0 Å². The third-order valence-corrected chi connectivity index (χ3v) is 3.80. The fourth-order valence-electron chi connectivity index (χ4n) is 1.96. The minimum atomic E-state index is -0.305. The molecule has 2 aliphatic rings. The van der Waals surface area contributed by atoms with Crippen molar-refractivity contribution in [3.05, 3.63) is 11.5 Å². The predicted octanol–water partition coefficient (Wildman–Crippen LogP) is 0.669. The third kappa shape index (κ3) is 2.34. The minimum absolute atomic E-state index is 0.287. The van der Waals surface area contributed by atoms with Crippen molar-refractivity contribution in [1.82, 2.24) is 4.81 Å². The monoisotopic (exact) mass is 234 g/mol. The molecule has 91 valence electrons. The first kappa shape index (κ1) is 12.9. The largest absolute Gasteiger partial charge is 0.491 e. The molecule has 0 aromatic rings. The topological polar surface area (TPSA) is 38.8 Å². The number of carbonyl (C=O) groups is 1. The van der Waals surface area contributed by atoms with Gasteiger partial charge in [-0.3, -0.25) is 0 Å². The average Bonchev–Trinajstić information content (AvgIpc) is 2.71. The van der Waals surface area contributed by atoms with Crippen LogP contribution in [0.15, 0.2) is 11.5 Å². The Morgan fingerprint density at radius 1 is 1.35 bits per heavy atom. The Kier molecular flexibility index (Phi) is 3.23. The zero-order valence-electron chi connectivity index (χ0n) is 10.9. The summed E-state index contributed by atoms with van der Waals surface area (Å²) in [5.74, 6) is 0. The molecule has 0 saturated carbocycles. The van der Waals surface area contributed by atoms with E-state index in [9.17, 15) is 4.79 Å². The molecule has 2 rings (SSSR count). The molecule has 0 atom stereocenters. The summed E-state index contributed by atoms with van der Waals surface area (Å²) >= 11 is 0. The molecule has 0 unspecified atom stereocenters. The minimum Gasteiger partial charge on any atom is -0.400 e. The van der Waals surface area contributed by atoms with Gasteiger partial charge in [-0.15, -0.1) is 0 Å². The smallest absolute Gasteiger partial charge is 0.400 e. The van der Waals surface area contributed by atoms with Crippen LogP contribution in [0.4, 0.5) is 0 Å². The summed E-state index contributed by atoms with van der Waals surface area (Å²) in [7, 11) is 1.26. The fourth-order valence-corrected chi connectivity index (χ4v) is 1.96.